The Kier molecular flexibility index (Phi) is 9.22. The van der Waals surface area contributed by atoms with Crippen LogP contribution in [-0.2, 0) is 43.3 Å². The van der Waals surface area contributed by atoms with E-state index in [9.17, 15) is 0 Å². The summed E-state index contributed by atoms with van der Waals surface area (Å²) in [6.45, 7) is 44.6. The van der Waals surface area contributed by atoms with E-state index in [-0.39, 0.29) is 50.0 Å². The Morgan fingerprint density at radius 1 is 0.551 bits per heavy atom. The Balaban J connectivity index is 1.24. The van der Waals surface area contributed by atoms with Gasteiger partial charge in [-0.15, -0.1) is 0 Å². The third-order valence-electron chi connectivity index (χ3n) is 20.7. The first kappa shape index (κ1) is 45.9. The molecule has 1 fully saturated rings. The monoisotopic (exact) mass is 919 g/mol. The van der Waals surface area contributed by atoms with E-state index in [1.54, 1.807) is 11.1 Å². The predicted octanol–water partition coefficient (Wildman–Crippen LogP) is 16.2. The summed E-state index contributed by atoms with van der Waals surface area (Å²) < 4.78 is 7.85. The topological polar surface area (TPSA) is 19.6 Å². The summed E-state index contributed by atoms with van der Waals surface area (Å²) in [5.74, 6) is 3.54. The molecule has 1 aromatic heterocycles. The molecule has 12 rings (SSSR count). The number of aryl methyl sites for hydroxylation is 1. The van der Waals surface area contributed by atoms with Crippen LogP contribution in [0.3, 0.4) is 0 Å². The molecule has 2 aliphatic heterocycles. The van der Waals surface area contributed by atoms with Gasteiger partial charge in [0.05, 0.1) is 5.69 Å². The molecule has 0 amide bonds. The van der Waals surface area contributed by atoms with E-state index in [2.05, 4.69) is 189 Å². The average Bonchev–Trinajstić information content (AvgIpc) is 3.86. The first-order valence-corrected chi connectivity index (χ1v) is 27.4. The number of anilines is 6. The van der Waals surface area contributed by atoms with Crippen LogP contribution in [0.2, 0.25) is 0 Å². The lowest BCUT2D eigenvalue weighted by atomic mass is 9.32. The maximum atomic E-state index is 7.85. The Hall–Kier alpha value is -4.18. The minimum Gasteiger partial charge on any atom is -0.444 e. The lowest BCUT2D eigenvalue weighted by Gasteiger charge is -2.47. The largest absolute Gasteiger partial charge is 0.444 e. The Morgan fingerprint density at radius 3 is 1.74 bits per heavy atom. The van der Waals surface area contributed by atoms with Crippen LogP contribution in [0.1, 0.15) is 237 Å². The van der Waals surface area contributed by atoms with Gasteiger partial charge in [0.1, 0.15) is 5.76 Å². The Morgan fingerprint density at radius 2 is 1.10 bits per heavy atom. The predicted molar refractivity (Wildman–Crippen MR) is 295 cm³/mol. The highest BCUT2D eigenvalue weighted by molar-refractivity contribution is 7.00. The van der Waals surface area contributed by atoms with Gasteiger partial charge < -0.3 is 9.32 Å². The second-order valence-electron chi connectivity index (χ2n) is 29.4. The maximum absolute atomic E-state index is 7.85. The van der Waals surface area contributed by atoms with Crippen LogP contribution < -0.4 is 26.2 Å². The van der Waals surface area contributed by atoms with Gasteiger partial charge in [-0.3, -0.25) is 4.90 Å². The van der Waals surface area contributed by atoms with Crippen molar-refractivity contribution in [3.63, 3.8) is 0 Å². The van der Waals surface area contributed by atoms with Crippen molar-refractivity contribution in [1.82, 2.24) is 0 Å². The molecule has 2 bridgehead atoms. The standard InChI is InChI=1S/C65H83BN2O/c1-37-29-45-47(62(12,13)26-25-60(45,8)9)35-49(37)68-52-31-40(58(3,4)5)30-51-54(52)66(55-53-56(69-57(55)68)64(16,17)28-27-63(53,14)15)48-33-42-38(2)39-21-22-65(18,36-39)44(42)34-50(48)67(51)41-19-20-43-46(32-41)61(10,11)24-23-59(43,6)7/h19-20,29-35,38-39H,21-28,36H2,1-18H3. The molecule has 4 aromatic carbocycles. The second kappa shape index (κ2) is 13.9. The molecule has 3 nitrogen and oxygen atoms in total. The summed E-state index contributed by atoms with van der Waals surface area (Å²) in [5.41, 5.74) is 24.6. The summed E-state index contributed by atoms with van der Waals surface area (Å²) in [6.07, 6.45) is 10.9. The van der Waals surface area contributed by atoms with Gasteiger partial charge in [-0.05, 0) is 217 Å². The van der Waals surface area contributed by atoms with Crippen molar-refractivity contribution in [3.05, 3.63) is 110 Å². The van der Waals surface area contributed by atoms with E-state index in [4.69, 9.17) is 4.42 Å². The van der Waals surface area contributed by atoms with Crippen LogP contribution >= 0.6 is 0 Å². The van der Waals surface area contributed by atoms with Gasteiger partial charge in [0.25, 0.3) is 6.71 Å². The number of benzene rings is 4. The molecule has 5 aromatic rings. The molecule has 3 unspecified atom stereocenters. The van der Waals surface area contributed by atoms with Crippen molar-refractivity contribution in [2.45, 2.75) is 232 Å². The third kappa shape index (κ3) is 6.30. The minimum absolute atomic E-state index is 0.0217. The van der Waals surface area contributed by atoms with E-state index in [0.29, 0.717) is 5.92 Å². The molecule has 1 saturated carbocycles. The fourth-order valence-corrected chi connectivity index (χ4v) is 15.6. The van der Waals surface area contributed by atoms with Crippen LogP contribution in [0, 0.1) is 12.8 Å². The molecule has 3 heterocycles. The summed E-state index contributed by atoms with van der Waals surface area (Å²) in [7, 11) is 0. The van der Waals surface area contributed by atoms with Crippen LogP contribution in [0.5, 0.6) is 0 Å². The zero-order valence-electron chi connectivity index (χ0n) is 46.1. The first-order chi connectivity index (χ1) is 32.0. The highest BCUT2D eigenvalue weighted by Crippen LogP contribution is 2.59. The molecule has 0 spiro atoms. The molecule has 7 aliphatic rings. The van der Waals surface area contributed by atoms with Gasteiger partial charge in [0.2, 0.25) is 0 Å². The molecular formula is C65H83BN2O. The van der Waals surface area contributed by atoms with Crippen molar-refractivity contribution >= 4 is 57.4 Å². The second-order valence-corrected chi connectivity index (χ2v) is 29.4. The fraction of sp³-hybridized carbons (Fsp3) is 0.569. The van der Waals surface area contributed by atoms with Crippen LogP contribution in [0.25, 0.3) is 0 Å². The van der Waals surface area contributed by atoms with Crippen molar-refractivity contribution in [3.8, 4) is 0 Å². The molecule has 0 saturated heterocycles. The number of hydrogen-bond acceptors (Lipinski definition) is 3. The van der Waals surface area contributed by atoms with E-state index in [0.717, 1.165) is 24.6 Å². The molecule has 5 aliphatic carbocycles. The quantitative estimate of drug-likeness (QED) is 0.161. The first-order valence-electron chi connectivity index (χ1n) is 27.4. The lowest BCUT2D eigenvalue weighted by molar-refractivity contribution is 0.280. The maximum Gasteiger partial charge on any atom is 0.256 e. The molecule has 362 valence electrons. The zero-order valence-corrected chi connectivity index (χ0v) is 46.1. The van der Waals surface area contributed by atoms with Gasteiger partial charge >= 0.3 is 0 Å². The van der Waals surface area contributed by atoms with Gasteiger partial charge in [-0.1, -0.05) is 136 Å². The fourth-order valence-electron chi connectivity index (χ4n) is 15.6. The van der Waals surface area contributed by atoms with Gasteiger partial charge in [-0.25, -0.2) is 0 Å². The molecular weight excluding hydrogens is 836 g/mol. The molecule has 3 atom stereocenters. The molecule has 4 heteroatoms. The number of rotatable bonds is 2. The van der Waals surface area contributed by atoms with Crippen LogP contribution in [0.4, 0.5) is 34.3 Å². The van der Waals surface area contributed by atoms with Crippen molar-refractivity contribution in [2.75, 3.05) is 9.80 Å². The highest BCUT2D eigenvalue weighted by atomic mass is 16.4. The van der Waals surface area contributed by atoms with Gasteiger partial charge in [-0.2, -0.15) is 0 Å². The number of fused-ring (bicyclic) bond motifs is 12. The smallest absolute Gasteiger partial charge is 0.256 e. The number of furan rings is 1. The molecule has 69 heavy (non-hydrogen) atoms. The summed E-state index contributed by atoms with van der Waals surface area (Å²) in [5, 5.41) is 0. The number of hydrogen-bond donors (Lipinski definition) is 0. The van der Waals surface area contributed by atoms with Crippen LogP contribution in [0.15, 0.2) is 59.0 Å². The van der Waals surface area contributed by atoms with E-state index in [1.807, 2.05) is 0 Å². The van der Waals surface area contributed by atoms with Gasteiger partial charge in [0, 0.05) is 28.2 Å². The van der Waals surface area contributed by atoms with Crippen LogP contribution in [-0.4, -0.2) is 6.71 Å². The van der Waals surface area contributed by atoms with Crippen molar-refractivity contribution in [2.24, 2.45) is 5.92 Å². The Labute approximate surface area is 417 Å². The third-order valence-corrected chi connectivity index (χ3v) is 20.7. The number of nitrogens with zero attached hydrogens (tertiary/aromatic N) is 2. The normalized spacial score (nSPS) is 26.6. The van der Waals surface area contributed by atoms with Crippen molar-refractivity contribution in [1.29, 1.82) is 0 Å². The molecule has 0 N–H and O–H groups in total. The SMILES string of the molecule is Cc1cc2c(cc1N1c3cc(C(C)(C)C)cc4c3B(c3cc5c(cc3N4c3ccc4c(c3)C(C)(C)CCC4(C)C)C3(C)CCC(C3)C5C)c3c1oc1c3C(C)(C)CCC1(C)C)C(C)(C)CCC2(C)C. The lowest BCUT2D eigenvalue weighted by Crippen LogP contribution is -2.63. The van der Waals surface area contributed by atoms with E-state index >= 15 is 0 Å². The van der Waals surface area contributed by atoms with E-state index in [1.165, 1.54) is 134 Å². The van der Waals surface area contributed by atoms with Crippen molar-refractivity contribution < 1.29 is 4.42 Å². The zero-order chi connectivity index (χ0) is 49.3. The Bertz CT molecular complexity index is 3050. The van der Waals surface area contributed by atoms with E-state index < -0.39 is 0 Å². The average molecular weight is 919 g/mol. The summed E-state index contributed by atoms with van der Waals surface area (Å²) in [6, 6.07) is 23.6. The minimum atomic E-state index is -0.109. The summed E-state index contributed by atoms with van der Waals surface area (Å²) in [4.78, 5) is 5.45. The van der Waals surface area contributed by atoms with Gasteiger partial charge in [0.15, 0.2) is 5.88 Å². The highest BCUT2D eigenvalue weighted by Gasteiger charge is 2.55. The molecule has 0 radical (unpaired) electrons. The summed E-state index contributed by atoms with van der Waals surface area (Å²) >= 11 is 0.